The van der Waals surface area contributed by atoms with Crippen molar-refractivity contribution in [3.63, 3.8) is 0 Å². The zero-order chi connectivity index (χ0) is 10.9. The van der Waals surface area contributed by atoms with Gasteiger partial charge in [-0.2, -0.15) is 0 Å². The summed E-state index contributed by atoms with van der Waals surface area (Å²) in [6.07, 6.45) is 2.32. The van der Waals surface area contributed by atoms with E-state index in [1.54, 1.807) is 6.33 Å². The lowest BCUT2D eigenvalue weighted by Crippen LogP contribution is -2.42. The van der Waals surface area contributed by atoms with Crippen LogP contribution in [-0.4, -0.2) is 27.2 Å². The molecule has 1 aromatic heterocycles. The summed E-state index contributed by atoms with van der Waals surface area (Å²) in [6.45, 7) is 1.82. The SMILES string of the molecule is CC(N)(CO)Cc1ccc2nc[nH]c2c1. The fraction of sp³-hybridized carbons (Fsp3) is 0.364. The highest BCUT2D eigenvalue weighted by Crippen LogP contribution is 2.15. The Bertz CT molecular complexity index is 462. The van der Waals surface area contributed by atoms with Crippen LogP contribution in [0.3, 0.4) is 0 Å². The molecule has 0 fully saturated rings. The van der Waals surface area contributed by atoms with E-state index in [9.17, 15) is 0 Å². The van der Waals surface area contributed by atoms with Crippen LogP contribution in [0.5, 0.6) is 0 Å². The molecule has 0 aliphatic heterocycles. The molecule has 15 heavy (non-hydrogen) atoms. The van der Waals surface area contributed by atoms with E-state index in [1.807, 2.05) is 25.1 Å². The number of imidazole rings is 1. The summed E-state index contributed by atoms with van der Waals surface area (Å²) in [7, 11) is 0. The van der Waals surface area contributed by atoms with Crippen LogP contribution in [-0.2, 0) is 6.42 Å². The first-order chi connectivity index (χ1) is 7.11. The largest absolute Gasteiger partial charge is 0.394 e. The molecule has 80 valence electrons. The monoisotopic (exact) mass is 205 g/mol. The number of aliphatic hydroxyl groups is 1. The fourth-order valence-electron chi connectivity index (χ4n) is 1.61. The molecule has 4 nitrogen and oxygen atoms in total. The smallest absolute Gasteiger partial charge is 0.0931 e. The summed E-state index contributed by atoms with van der Waals surface area (Å²) in [5, 5.41) is 9.08. The fourth-order valence-corrected chi connectivity index (χ4v) is 1.61. The molecule has 0 amide bonds. The van der Waals surface area contributed by atoms with Crippen LogP contribution in [0.4, 0.5) is 0 Å². The number of aromatic amines is 1. The Morgan fingerprint density at radius 1 is 1.53 bits per heavy atom. The molecule has 4 heteroatoms. The molecular weight excluding hydrogens is 190 g/mol. The van der Waals surface area contributed by atoms with Crippen LogP contribution in [0.25, 0.3) is 11.0 Å². The van der Waals surface area contributed by atoms with Crippen LogP contribution in [0, 0.1) is 0 Å². The van der Waals surface area contributed by atoms with Crippen LogP contribution < -0.4 is 5.73 Å². The molecule has 0 bridgehead atoms. The number of rotatable bonds is 3. The normalized spacial score (nSPS) is 15.4. The molecule has 1 unspecified atom stereocenters. The number of nitrogens with two attached hydrogens (primary N) is 1. The first kappa shape index (κ1) is 10.1. The molecule has 2 rings (SSSR count). The minimum absolute atomic E-state index is 0.0198. The Hall–Kier alpha value is -1.39. The Labute approximate surface area is 88.1 Å². The van der Waals surface area contributed by atoms with Gasteiger partial charge >= 0.3 is 0 Å². The molecular formula is C11H15N3O. The zero-order valence-corrected chi connectivity index (χ0v) is 8.70. The molecule has 0 saturated carbocycles. The number of nitrogens with one attached hydrogen (secondary N) is 1. The minimum atomic E-state index is -0.562. The number of hydrogen-bond donors (Lipinski definition) is 3. The maximum atomic E-state index is 9.08. The van der Waals surface area contributed by atoms with Gasteiger partial charge in [-0.25, -0.2) is 4.98 Å². The summed E-state index contributed by atoms with van der Waals surface area (Å²) >= 11 is 0. The van der Waals surface area contributed by atoms with Gasteiger partial charge in [-0.05, 0) is 31.0 Å². The van der Waals surface area contributed by atoms with Gasteiger partial charge in [0, 0.05) is 5.54 Å². The second-order valence-corrected chi connectivity index (χ2v) is 4.24. The quantitative estimate of drug-likeness (QED) is 0.694. The molecule has 1 aromatic carbocycles. The summed E-state index contributed by atoms with van der Waals surface area (Å²) < 4.78 is 0. The average Bonchev–Trinajstić information content (AvgIpc) is 2.64. The van der Waals surface area contributed by atoms with E-state index in [0.717, 1.165) is 16.6 Å². The highest BCUT2D eigenvalue weighted by molar-refractivity contribution is 5.75. The first-order valence-corrected chi connectivity index (χ1v) is 4.92. The van der Waals surface area contributed by atoms with Gasteiger partial charge in [0.15, 0.2) is 0 Å². The van der Waals surface area contributed by atoms with Gasteiger partial charge in [0.1, 0.15) is 0 Å². The van der Waals surface area contributed by atoms with Gasteiger partial charge in [0.05, 0.1) is 24.0 Å². The molecule has 1 heterocycles. The number of aromatic nitrogens is 2. The Morgan fingerprint density at radius 2 is 2.33 bits per heavy atom. The number of benzene rings is 1. The number of H-pyrrole nitrogens is 1. The number of nitrogens with zero attached hydrogens (tertiary/aromatic N) is 1. The Balaban J connectivity index is 2.28. The summed E-state index contributed by atoms with van der Waals surface area (Å²) in [6, 6.07) is 5.96. The van der Waals surface area contributed by atoms with Gasteiger partial charge in [-0.3, -0.25) is 0 Å². The van der Waals surface area contributed by atoms with Gasteiger partial charge in [-0.15, -0.1) is 0 Å². The van der Waals surface area contributed by atoms with E-state index < -0.39 is 5.54 Å². The highest BCUT2D eigenvalue weighted by atomic mass is 16.3. The van der Waals surface area contributed by atoms with Crippen molar-refractivity contribution in [2.75, 3.05) is 6.61 Å². The van der Waals surface area contributed by atoms with Crippen molar-refractivity contribution in [3.8, 4) is 0 Å². The van der Waals surface area contributed by atoms with Crippen LogP contribution in [0.1, 0.15) is 12.5 Å². The van der Waals surface area contributed by atoms with E-state index in [4.69, 9.17) is 10.8 Å². The molecule has 0 aliphatic carbocycles. The molecule has 4 N–H and O–H groups in total. The predicted octanol–water partition coefficient (Wildman–Crippen LogP) is 0.815. The molecule has 0 saturated heterocycles. The third kappa shape index (κ3) is 2.16. The summed E-state index contributed by atoms with van der Waals surface area (Å²) in [4.78, 5) is 7.19. The van der Waals surface area contributed by atoms with Gasteiger partial charge in [-0.1, -0.05) is 6.07 Å². The third-order valence-corrected chi connectivity index (χ3v) is 2.45. The number of aliphatic hydroxyl groups excluding tert-OH is 1. The number of fused-ring (bicyclic) bond motifs is 1. The van der Waals surface area contributed by atoms with Crippen molar-refractivity contribution >= 4 is 11.0 Å². The lowest BCUT2D eigenvalue weighted by atomic mass is 9.95. The summed E-state index contributed by atoms with van der Waals surface area (Å²) in [5.74, 6) is 0. The molecule has 1 atom stereocenters. The van der Waals surface area contributed by atoms with Gasteiger partial charge in [0.2, 0.25) is 0 Å². The van der Waals surface area contributed by atoms with E-state index in [2.05, 4.69) is 9.97 Å². The Morgan fingerprint density at radius 3 is 3.07 bits per heavy atom. The summed E-state index contributed by atoms with van der Waals surface area (Å²) in [5.41, 5.74) is 8.38. The van der Waals surface area contributed by atoms with E-state index in [0.29, 0.717) is 6.42 Å². The lowest BCUT2D eigenvalue weighted by Gasteiger charge is -2.21. The Kier molecular flexibility index (Phi) is 2.46. The second kappa shape index (κ2) is 3.64. The van der Waals surface area contributed by atoms with Gasteiger partial charge in [0.25, 0.3) is 0 Å². The van der Waals surface area contributed by atoms with Crippen LogP contribution in [0.15, 0.2) is 24.5 Å². The zero-order valence-electron chi connectivity index (χ0n) is 8.70. The molecule has 2 aromatic rings. The standard InChI is InChI=1S/C11H15N3O/c1-11(12,6-15)5-8-2-3-9-10(4-8)14-7-13-9/h2-4,7,15H,5-6,12H2,1H3,(H,13,14). The minimum Gasteiger partial charge on any atom is -0.394 e. The van der Waals surface area contributed by atoms with Crippen LogP contribution in [0.2, 0.25) is 0 Å². The van der Waals surface area contributed by atoms with Crippen molar-refractivity contribution in [2.45, 2.75) is 18.9 Å². The van der Waals surface area contributed by atoms with Crippen LogP contribution >= 0.6 is 0 Å². The third-order valence-electron chi connectivity index (χ3n) is 2.45. The van der Waals surface area contributed by atoms with E-state index in [1.165, 1.54) is 0 Å². The van der Waals surface area contributed by atoms with Crippen molar-refractivity contribution in [1.29, 1.82) is 0 Å². The maximum absolute atomic E-state index is 9.08. The van der Waals surface area contributed by atoms with E-state index >= 15 is 0 Å². The van der Waals surface area contributed by atoms with Crippen molar-refractivity contribution < 1.29 is 5.11 Å². The average molecular weight is 205 g/mol. The number of hydrogen-bond acceptors (Lipinski definition) is 3. The molecule has 0 spiro atoms. The highest BCUT2D eigenvalue weighted by Gasteiger charge is 2.17. The topological polar surface area (TPSA) is 74.9 Å². The molecule has 0 aliphatic rings. The van der Waals surface area contributed by atoms with Crippen molar-refractivity contribution in [1.82, 2.24) is 9.97 Å². The van der Waals surface area contributed by atoms with E-state index in [-0.39, 0.29) is 6.61 Å². The second-order valence-electron chi connectivity index (χ2n) is 4.24. The first-order valence-electron chi connectivity index (χ1n) is 4.92. The van der Waals surface area contributed by atoms with Crippen molar-refractivity contribution in [3.05, 3.63) is 30.1 Å². The molecule has 0 radical (unpaired) electrons. The maximum Gasteiger partial charge on any atom is 0.0931 e. The van der Waals surface area contributed by atoms with Crippen molar-refractivity contribution in [2.24, 2.45) is 5.73 Å². The van der Waals surface area contributed by atoms with Gasteiger partial charge < -0.3 is 15.8 Å². The lowest BCUT2D eigenvalue weighted by molar-refractivity contribution is 0.208. The predicted molar refractivity (Wildman–Crippen MR) is 59.5 cm³/mol.